The molecule has 4 aromatic carbocycles. The number of carboxylic acid groups (broad SMARTS) is 1. The van der Waals surface area contributed by atoms with E-state index in [2.05, 4.69) is 5.32 Å². The summed E-state index contributed by atoms with van der Waals surface area (Å²) in [4.78, 5) is 43.6. The fourth-order valence-corrected chi connectivity index (χ4v) is 6.94. The third kappa shape index (κ3) is 5.05. The van der Waals surface area contributed by atoms with Crippen molar-refractivity contribution in [3.8, 4) is 0 Å². The predicted octanol–water partition coefficient (Wildman–Crippen LogP) is 6.50. The second kappa shape index (κ2) is 12.1. The number of nitrogens with one attached hydrogen (secondary N) is 1. The lowest BCUT2D eigenvalue weighted by molar-refractivity contribution is -0.148. The molecule has 4 atom stereocenters. The van der Waals surface area contributed by atoms with E-state index in [-0.39, 0.29) is 12.3 Å². The topological polar surface area (TPSA) is 86.7 Å². The number of carbonyl (C=O) groups excluding carboxylic acids is 2. The van der Waals surface area contributed by atoms with E-state index in [0.29, 0.717) is 18.5 Å². The molecule has 6 rings (SSSR count). The van der Waals surface area contributed by atoms with E-state index < -0.39 is 35.3 Å². The number of fused-ring (bicyclic) bond motifs is 1. The molecule has 2 aliphatic heterocycles. The van der Waals surface area contributed by atoms with E-state index >= 15 is 0 Å². The van der Waals surface area contributed by atoms with E-state index in [1.807, 2.05) is 129 Å². The molecule has 2 amide bonds. The molecular weight excluding hydrogens is 548 g/mol. The Bertz CT molecular complexity index is 1690. The first-order valence-electron chi connectivity index (χ1n) is 15.2. The van der Waals surface area contributed by atoms with Crippen LogP contribution in [-0.2, 0) is 33.6 Å². The third-order valence-electron chi connectivity index (χ3n) is 9.11. The van der Waals surface area contributed by atoms with Gasteiger partial charge in [-0.3, -0.25) is 19.7 Å². The van der Waals surface area contributed by atoms with Gasteiger partial charge in [0.15, 0.2) is 0 Å². The van der Waals surface area contributed by atoms with Crippen LogP contribution in [0.25, 0.3) is 12.2 Å². The monoisotopic (exact) mass is 584 g/mol. The van der Waals surface area contributed by atoms with Crippen LogP contribution in [0.2, 0.25) is 0 Å². The van der Waals surface area contributed by atoms with Gasteiger partial charge >= 0.3 is 5.97 Å². The zero-order valence-corrected chi connectivity index (χ0v) is 24.9. The lowest BCUT2D eigenvalue weighted by Gasteiger charge is -2.32. The average Bonchev–Trinajstić information content (AvgIpc) is 3.53. The van der Waals surface area contributed by atoms with Gasteiger partial charge in [0.05, 0.1) is 17.5 Å². The Morgan fingerprint density at radius 1 is 0.773 bits per heavy atom. The van der Waals surface area contributed by atoms with Gasteiger partial charge < -0.3 is 5.11 Å². The number of carboxylic acids is 1. The zero-order valence-electron chi connectivity index (χ0n) is 24.9. The minimum atomic E-state index is -1.67. The van der Waals surface area contributed by atoms with E-state index in [1.54, 1.807) is 0 Å². The van der Waals surface area contributed by atoms with Crippen molar-refractivity contribution in [3.05, 3.63) is 137 Å². The Kier molecular flexibility index (Phi) is 8.02. The molecule has 222 valence electrons. The van der Waals surface area contributed by atoms with Crippen LogP contribution in [0.4, 0.5) is 5.69 Å². The second-order valence-electron chi connectivity index (χ2n) is 11.6. The highest BCUT2D eigenvalue weighted by Gasteiger charge is 2.68. The molecule has 0 bridgehead atoms. The summed E-state index contributed by atoms with van der Waals surface area (Å²) in [5, 5.41) is 14.2. The van der Waals surface area contributed by atoms with E-state index in [9.17, 15) is 19.5 Å². The van der Waals surface area contributed by atoms with E-state index in [1.165, 1.54) is 4.90 Å². The highest BCUT2D eigenvalue weighted by Crippen LogP contribution is 2.51. The molecule has 6 heteroatoms. The van der Waals surface area contributed by atoms with Gasteiger partial charge in [-0.05, 0) is 46.2 Å². The summed E-state index contributed by atoms with van der Waals surface area (Å²) in [5.74, 6) is -3.89. The third-order valence-corrected chi connectivity index (χ3v) is 9.11. The number of aliphatic carboxylic acids is 1. The van der Waals surface area contributed by atoms with Crippen LogP contribution < -0.4 is 10.2 Å². The molecule has 6 nitrogen and oxygen atoms in total. The summed E-state index contributed by atoms with van der Waals surface area (Å²) in [7, 11) is 0. The number of nitrogens with zero attached hydrogens (tertiary/aromatic N) is 1. The molecule has 2 aliphatic rings. The molecule has 0 radical (unpaired) electrons. The van der Waals surface area contributed by atoms with Gasteiger partial charge in [-0.15, -0.1) is 0 Å². The predicted molar refractivity (Wildman–Crippen MR) is 173 cm³/mol. The molecule has 4 unspecified atom stereocenters. The number of hydrogen-bond acceptors (Lipinski definition) is 4. The summed E-state index contributed by atoms with van der Waals surface area (Å²) in [6.45, 7) is 4.00. The van der Waals surface area contributed by atoms with Crippen molar-refractivity contribution in [2.24, 2.45) is 11.8 Å². The quantitative estimate of drug-likeness (QED) is 0.173. The summed E-state index contributed by atoms with van der Waals surface area (Å²) in [6, 6.07) is 32.3. The van der Waals surface area contributed by atoms with E-state index in [0.717, 1.165) is 33.4 Å². The zero-order chi connectivity index (χ0) is 30.8. The van der Waals surface area contributed by atoms with Crippen molar-refractivity contribution >= 4 is 35.6 Å². The van der Waals surface area contributed by atoms with Crippen molar-refractivity contribution in [1.29, 1.82) is 0 Å². The number of amides is 2. The standard InChI is InChI=1S/C38H36N2O4/c1-3-28-16-11-17-29(4-2)34(28)40-35(41)31-32(36(40)42)38(37(43)44,24-27-14-9-6-10-15-27)39-33(31)30-22-20-26(21-23-30)19-18-25-12-7-5-8-13-25/h5-23,31-33,39H,3-4,24H2,1-2H3,(H,43,44). The van der Waals surface area contributed by atoms with Gasteiger partial charge in [0.1, 0.15) is 5.54 Å². The number of rotatable bonds is 9. The molecule has 44 heavy (non-hydrogen) atoms. The average molecular weight is 585 g/mol. The van der Waals surface area contributed by atoms with Gasteiger partial charge in [-0.25, -0.2) is 4.90 Å². The molecule has 0 aliphatic carbocycles. The van der Waals surface area contributed by atoms with Crippen molar-refractivity contribution in [3.63, 3.8) is 0 Å². The first kappa shape index (κ1) is 29.3. The first-order valence-corrected chi connectivity index (χ1v) is 15.2. The van der Waals surface area contributed by atoms with Crippen molar-refractivity contribution in [2.75, 3.05) is 4.90 Å². The summed E-state index contributed by atoms with van der Waals surface area (Å²) in [5.41, 5.74) is 4.35. The summed E-state index contributed by atoms with van der Waals surface area (Å²) >= 11 is 0. The minimum absolute atomic E-state index is 0.0711. The Morgan fingerprint density at radius 2 is 1.34 bits per heavy atom. The van der Waals surface area contributed by atoms with Crippen LogP contribution >= 0.6 is 0 Å². The van der Waals surface area contributed by atoms with Gasteiger partial charge in [-0.1, -0.05) is 129 Å². The van der Waals surface area contributed by atoms with Crippen LogP contribution in [0, 0.1) is 11.8 Å². The number of anilines is 1. The molecule has 0 spiro atoms. The Hall–Kier alpha value is -4.81. The SMILES string of the molecule is CCc1cccc(CC)c1N1C(=O)C2C(c3ccc(C=Cc4ccccc4)cc3)NC(Cc3ccccc3)(C(=O)O)C2C1=O. The maximum atomic E-state index is 14.5. The van der Waals surface area contributed by atoms with Gasteiger partial charge in [0.2, 0.25) is 11.8 Å². The number of imide groups is 1. The fraction of sp³-hybridized carbons (Fsp3) is 0.237. The summed E-state index contributed by atoms with van der Waals surface area (Å²) < 4.78 is 0. The number of hydrogen-bond donors (Lipinski definition) is 2. The summed E-state index contributed by atoms with van der Waals surface area (Å²) in [6.07, 6.45) is 5.40. The highest BCUT2D eigenvalue weighted by atomic mass is 16.4. The van der Waals surface area contributed by atoms with Gasteiger partial charge in [0, 0.05) is 12.5 Å². The maximum Gasteiger partial charge on any atom is 0.325 e. The molecule has 4 aromatic rings. The number of benzene rings is 4. The van der Waals surface area contributed by atoms with Crippen molar-refractivity contribution < 1.29 is 19.5 Å². The van der Waals surface area contributed by atoms with E-state index in [4.69, 9.17) is 0 Å². The lowest BCUT2D eigenvalue weighted by Crippen LogP contribution is -2.57. The van der Waals surface area contributed by atoms with Crippen molar-refractivity contribution in [2.45, 2.75) is 44.7 Å². The number of carbonyl (C=O) groups is 3. The highest BCUT2D eigenvalue weighted by molar-refractivity contribution is 6.25. The van der Waals surface area contributed by atoms with Crippen molar-refractivity contribution in [1.82, 2.24) is 5.32 Å². The fourth-order valence-electron chi connectivity index (χ4n) is 6.94. The molecule has 2 N–H and O–H groups in total. The number of aryl methyl sites for hydroxylation is 2. The van der Waals surface area contributed by atoms with Crippen LogP contribution in [0.15, 0.2) is 103 Å². The normalized spacial score (nSPS) is 23.0. The second-order valence-corrected chi connectivity index (χ2v) is 11.6. The lowest BCUT2D eigenvalue weighted by atomic mass is 9.76. The van der Waals surface area contributed by atoms with Crippen LogP contribution in [0.1, 0.15) is 53.3 Å². The molecule has 0 saturated carbocycles. The molecule has 2 fully saturated rings. The maximum absolute atomic E-state index is 14.5. The Balaban J connectivity index is 1.44. The smallest absolute Gasteiger partial charge is 0.325 e. The largest absolute Gasteiger partial charge is 0.480 e. The van der Waals surface area contributed by atoms with Crippen LogP contribution in [0.3, 0.4) is 0 Å². The molecule has 2 heterocycles. The number of para-hydroxylation sites is 1. The first-order chi connectivity index (χ1) is 21.4. The van der Waals surface area contributed by atoms with Crippen LogP contribution in [-0.4, -0.2) is 28.4 Å². The Labute approximate surface area is 258 Å². The Morgan fingerprint density at radius 3 is 1.91 bits per heavy atom. The molecule has 2 saturated heterocycles. The van der Waals surface area contributed by atoms with Gasteiger partial charge in [0.25, 0.3) is 0 Å². The minimum Gasteiger partial charge on any atom is -0.480 e. The van der Waals surface area contributed by atoms with Gasteiger partial charge in [-0.2, -0.15) is 0 Å². The molecular formula is C38H36N2O4. The molecule has 0 aromatic heterocycles. The van der Waals surface area contributed by atoms with Crippen LogP contribution in [0.5, 0.6) is 0 Å².